The number of aromatic amines is 2. The number of benzene rings is 2. The third-order valence-electron chi connectivity index (χ3n) is 5.45. The van der Waals surface area contributed by atoms with Crippen LogP contribution in [0, 0.1) is 0 Å². The number of aryl methyl sites for hydroxylation is 2. The number of H-pyrrole nitrogens is 2. The van der Waals surface area contributed by atoms with E-state index in [1.165, 1.54) is 23.3 Å². The molecule has 2 aromatic heterocycles. The Morgan fingerprint density at radius 2 is 1.76 bits per heavy atom. The van der Waals surface area contributed by atoms with Crippen LogP contribution in [-0.2, 0) is 12.8 Å². The van der Waals surface area contributed by atoms with E-state index in [0.29, 0.717) is 16.5 Å². The standard InChI is InChI=1S/C23H25N3O3/c1-3-13-9-15-11-21(25-18(15)10-14(13)4-2)24-12-20(28)16-5-7-19(27)23-17(16)6-8-22(29)26-23/h5-11,20,24-25,27-28H,3-4,12H2,1-2H3,(H,26,29). The Morgan fingerprint density at radius 1 is 1.00 bits per heavy atom. The molecule has 1 atom stereocenters. The minimum atomic E-state index is -0.812. The van der Waals surface area contributed by atoms with Crippen LogP contribution in [0.5, 0.6) is 5.75 Å². The van der Waals surface area contributed by atoms with Crippen molar-refractivity contribution in [2.45, 2.75) is 32.8 Å². The summed E-state index contributed by atoms with van der Waals surface area (Å²) in [6.45, 7) is 4.61. The SMILES string of the molecule is CCc1cc2cc(NCC(O)c3ccc(O)c4[nH]c(=O)ccc34)[nH]c2cc1CC. The van der Waals surface area contributed by atoms with Crippen molar-refractivity contribution in [3.8, 4) is 5.75 Å². The number of hydrogen-bond donors (Lipinski definition) is 5. The minimum absolute atomic E-state index is 0.0179. The third-order valence-corrected chi connectivity index (χ3v) is 5.45. The summed E-state index contributed by atoms with van der Waals surface area (Å²) in [5, 5.41) is 25.8. The van der Waals surface area contributed by atoms with Crippen molar-refractivity contribution in [2.75, 3.05) is 11.9 Å². The fraction of sp³-hybridized carbons (Fsp3) is 0.261. The van der Waals surface area contributed by atoms with Crippen LogP contribution >= 0.6 is 0 Å². The second kappa shape index (κ2) is 7.64. The molecule has 0 aliphatic rings. The molecule has 1 unspecified atom stereocenters. The number of phenolic OH excluding ortho intramolecular Hbond substituents is 1. The molecule has 150 valence electrons. The number of phenols is 1. The molecular weight excluding hydrogens is 366 g/mol. The lowest BCUT2D eigenvalue weighted by Crippen LogP contribution is -2.13. The van der Waals surface area contributed by atoms with Crippen LogP contribution in [0.3, 0.4) is 0 Å². The Labute approximate surface area is 168 Å². The number of anilines is 1. The first-order valence-electron chi connectivity index (χ1n) is 9.91. The van der Waals surface area contributed by atoms with Gasteiger partial charge in [-0.1, -0.05) is 19.9 Å². The average Bonchev–Trinajstić information content (AvgIpc) is 3.13. The van der Waals surface area contributed by atoms with Gasteiger partial charge in [0.05, 0.1) is 11.6 Å². The Hall–Kier alpha value is -3.25. The lowest BCUT2D eigenvalue weighted by atomic mass is 10.0. The molecule has 0 fully saturated rings. The molecule has 5 N–H and O–H groups in total. The molecule has 0 spiro atoms. The van der Waals surface area contributed by atoms with Crippen LogP contribution in [-0.4, -0.2) is 26.7 Å². The normalized spacial score (nSPS) is 12.5. The fourth-order valence-corrected chi connectivity index (χ4v) is 3.89. The van der Waals surface area contributed by atoms with Crippen molar-refractivity contribution >= 4 is 27.6 Å². The van der Waals surface area contributed by atoms with Crippen molar-refractivity contribution < 1.29 is 10.2 Å². The molecule has 0 aliphatic heterocycles. The van der Waals surface area contributed by atoms with Crippen molar-refractivity contribution in [1.29, 1.82) is 0 Å². The second-order valence-corrected chi connectivity index (χ2v) is 7.28. The number of aliphatic hydroxyl groups excluding tert-OH is 1. The van der Waals surface area contributed by atoms with Crippen molar-refractivity contribution in [2.24, 2.45) is 0 Å². The second-order valence-electron chi connectivity index (χ2n) is 7.28. The number of aromatic hydroxyl groups is 1. The molecule has 0 aliphatic carbocycles. The van der Waals surface area contributed by atoms with Crippen LogP contribution in [0.15, 0.2) is 47.3 Å². The topological polar surface area (TPSA) is 101 Å². The molecule has 0 saturated carbocycles. The molecule has 4 aromatic rings. The molecule has 0 saturated heterocycles. The summed E-state index contributed by atoms with van der Waals surface area (Å²) in [7, 11) is 0. The molecule has 2 heterocycles. The van der Waals surface area contributed by atoms with E-state index in [0.717, 1.165) is 29.6 Å². The Bertz CT molecular complexity index is 1200. The molecule has 0 amide bonds. The zero-order chi connectivity index (χ0) is 20.5. The number of pyridine rings is 1. The summed E-state index contributed by atoms with van der Waals surface area (Å²) in [5.74, 6) is 0.821. The number of aliphatic hydroxyl groups is 1. The van der Waals surface area contributed by atoms with Gasteiger partial charge in [-0.2, -0.15) is 0 Å². The third kappa shape index (κ3) is 3.59. The zero-order valence-corrected chi connectivity index (χ0v) is 16.5. The first-order valence-corrected chi connectivity index (χ1v) is 9.91. The van der Waals surface area contributed by atoms with Crippen LogP contribution in [0.4, 0.5) is 5.82 Å². The summed E-state index contributed by atoms with van der Waals surface area (Å²) in [4.78, 5) is 17.6. The summed E-state index contributed by atoms with van der Waals surface area (Å²) >= 11 is 0. The largest absolute Gasteiger partial charge is 0.506 e. The average molecular weight is 391 g/mol. The summed E-state index contributed by atoms with van der Waals surface area (Å²) in [6, 6.07) is 12.6. The van der Waals surface area contributed by atoms with Gasteiger partial charge in [0.2, 0.25) is 5.56 Å². The Kier molecular flexibility index (Phi) is 5.03. The maximum absolute atomic E-state index is 11.6. The van der Waals surface area contributed by atoms with Crippen LogP contribution in [0.2, 0.25) is 0 Å². The number of fused-ring (bicyclic) bond motifs is 2. The maximum Gasteiger partial charge on any atom is 0.248 e. The molecule has 6 heteroatoms. The smallest absolute Gasteiger partial charge is 0.248 e. The predicted octanol–water partition coefficient (Wildman–Crippen LogP) is 3.99. The van der Waals surface area contributed by atoms with Crippen molar-refractivity contribution in [3.05, 3.63) is 69.5 Å². The van der Waals surface area contributed by atoms with E-state index in [2.05, 4.69) is 41.3 Å². The van der Waals surface area contributed by atoms with Gasteiger partial charge in [0.15, 0.2) is 0 Å². The molecule has 29 heavy (non-hydrogen) atoms. The van der Waals surface area contributed by atoms with Gasteiger partial charge in [0.25, 0.3) is 0 Å². The van der Waals surface area contributed by atoms with E-state index >= 15 is 0 Å². The molecule has 2 aromatic carbocycles. The van der Waals surface area contributed by atoms with Gasteiger partial charge in [-0.15, -0.1) is 0 Å². The summed E-state index contributed by atoms with van der Waals surface area (Å²) in [5.41, 5.74) is 4.45. The molecule has 4 rings (SSSR count). The molecule has 6 nitrogen and oxygen atoms in total. The quantitative estimate of drug-likeness (QED) is 0.343. The van der Waals surface area contributed by atoms with Gasteiger partial charge in [-0.3, -0.25) is 4.79 Å². The highest BCUT2D eigenvalue weighted by Crippen LogP contribution is 2.29. The first kappa shape index (κ1) is 19.1. The van der Waals surface area contributed by atoms with E-state index in [1.54, 1.807) is 12.1 Å². The Morgan fingerprint density at radius 3 is 2.52 bits per heavy atom. The van der Waals surface area contributed by atoms with Gasteiger partial charge < -0.3 is 25.5 Å². The zero-order valence-electron chi connectivity index (χ0n) is 16.5. The highest BCUT2D eigenvalue weighted by atomic mass is 16.3. The van der Waals surface area contributed by atoms with Gasteiger partial charge in [-0.05, 0) is 59.9 Å². The fourth-order valence-electron chi connectivity index (χ4n) is 3.89. The van der Waals surface area contributed by atoms with Gasteiger partial charge >= 0.3 is 0 Å². The number of nitrogens with one attached hydrogen (secondary N) is 3. The van der Waals surface area contributed by atoms with E-state index < -0.39 is 6.10 Å². The molecular formula is C23H25N3O3. The predicted molar refractivity (Wildman–Crippen MR) is 117 cm³/mol. The number of rotatable bonds is 6. The molecule has 0 bridgehead atoms. The lowest BCUT2D eigenvalue weighted by Gasteiger charge is -2.15. The van der Waals surface area contributed by atoms with Gasteiger partial charge in [-0.25, -0.2) is 0 Å². The minimum Gasteiger partial charge on any atom is -0.506 e. The summed E-state index contributed by atoms with van der Waals surface area (Å²) < 4.78 is 0. The maximum atomic E-state index is 11.6. The Balaban J connectivity index is 1.58. The highest BCUT2D eigenvalue weighted by Gasteiger charge is 2.14. The van der Waals surface area contributed by atoms with Gasteiger partial charge in [0, 0.05) is 28.9 Å². The first-order chi connectivity index (χ1) is 14.0. The number of aromatic nitrogens is 2. The van der Waals surface area contributed by atoms with Crippen LogP contribution in [0.25, 0.3) is 21.8 Å². The number of hydrogen-bond acceptors (Lipinski definition) is 4. The van der Waals surface area contributed by atoms with Crippen molar-refractivity contribution in [1.82, 2.24) is 9.97 Å². The van der Waals surface area contributed by atoms with Crippen molar-refractivity contribution in [3.63, 3.8) is 0 Å². The van der Waals surface area contributed by atoms with Crippen LogP contribution < -0.4 is 10.9 Å². The van der Waals surface area contributed by atoms with Crippen LogP contribution in [0.1, 0.15) is 36.6 Å². The lowest BCUT2D eigenvalue weighted by molar-refractivity contribution is 0.193. The summed E-state index contributed by atoms with van der Waals surface area (Å²) in [6.07, 6.45) is 1.19. The highest BCUT2D eigenvalue weighted by molar-refractivity contribution is 5.88. The van der Waals surface area contributed by atoms with Gasteiger partial charge in [0.1, 0.15) is 11.6 Å². The monoisotopic (exact) mass is 391 g/mol. The molecule has 0 radical (unpaired) electrons. The van der Waals surface area contributed by atoms with E-state index in [4.69, 9.17) is 0 Å². The van der Waals surface area contributed by atoms with E-state index in [-0.39, 0.29) is 17.9 Å². The van der Waals surface area contributed by atoms with E-state index in [1.807, 2.05) is 6.07 Å². The van der Waals surface area contributed by atoms with E-state index in [9.17, 15) is 15.0 Å².